The van der Waals surface area contributed by atoms with E-state index in [9.17, 15) is 29.2 Å². The number of piperidine rings is 3. The molecule has 5 amide bonds. The molecule has 4 saturated heterocycles. The molecule has 1 aromatic heterocycles. The number of pyridine rings is 1. The fourth-order valence-electron chi connectivity index (χ4n) is 10.1. The van der Waals surface area contributed by atoms with Gasteiger partial charge in [0, 0.05) is 76.7 Å². The molecule has 0 saturated carbocycles. The van der Waals surface area contributed by atoms with E-state index in [0.717, 1.165) is 85.8 Å². The monoisotopic (exact) mass is 788 g/mol. The van der Waals surface area contributed by atoms with Crippen LogP contribution in [-0.2, 0) is 22.7 Å². The van der Waals surface area contributed by atoms with Gasteiger partial charge in [-0.05, 0) is 110 Å². The average molecular weight is 789 g/mol. The Hall–Kier alpha value is -5.32. The molecule has 294 valence electrons. The predicted molar refractivity (Wildman–Crippen MR) is 212 cm³/mol. The van der Waals surface area contributed by atoms with Crippen molar-refractivity contribution >= 4 is 52.6 Å². The molecule has 0 radical (unpaired) electrons. The van der Waals surface area contributed by atoms with Crippen molar-refractivity contribution < 1.29 is 24.0 Å². The van der Waals surface area contributed by atoms with Gasteiger partial charge in [0.2, 0.25) is 11.8 Å². The summed E-state index contributed by atoms with van der Waals surface area (Å²) in [4.78, 5) is 79.0. The van der Waals surface area contributed by atoms with Gasteiger partial charge in [0.25, 0.3) is 17.7 Å². The van der Waals surface area contributed by atoms with Gasteiger partial charge in [0.1, 0.15) is 17.9 Å². The maximum absolute atomic E-state index is 13.5. The summed E-state index contributed by atoms with van der Waals surface area (Å²) in [6.45, 7) is 8.61. The van der Waals surface area contributed by atoms with E-state index in [2.05, 4.69) is 33.0 Å². The first-order valence-electron chi connectivity index (χ1n) is 20.1. The van der Waals surface area contributed by atoms with Crippen LogP contribution in [0.4, 0.5) is 11.5 Å². The second-order valence-electron chi connectivity index (χ2n) is 16.9. The number of carbonyl (C=O) groups is 5. The standard InChI is InChI=1S/C43H45ClN8O5/c1-26-19-43(25-51(26)32-4-2-28(20-45)35(44)18-32)10-14-49(15-11-43)37-6-3-29(21-46-37)40(55)50-12-8-27(9-13-50)22-48-23-30-16-33-34(17-31(30)24-48)42(57)52(41(33)56)36-5-7-38(53)47-39(36)54/h2-4,6,16-18,21,26-27,36H,5,7-15,19,22-25H2,1H3,(H,47,53,54)/t26-,36?/m0/s1. The summed E-state index contributed by atoms with van der Waals surface area (Å²) in [5.74, 6) is -0.628. The second kappa shape index (κ2) is 14.6. The van der Waals surface area contributed by atoms with Crippen molar-refractivity contribution in [2.75, 3.05) is 49.1 Å². The third-order valence-corrected chi connectivity index (χ3v) is 13.6. The quantitative estimate of drug-likeness (QED) is 0.347. The Kier molecular flexibility index (Phi) is 9.52. The smallest absolute Gasteiger partial charge is 0.262 e. The molecule has 1 N–H and O–H groups in total. The van der Waals surface area contributed by atoms with Crippen LogP contribution in [0.1, 0.15) is 99.6 Å². The Bertz CT molecular complexity index is 2180. The van der Waals surface area contributed by atoms with Crippen LogP contribution in [0.3, 0.4) is 0 Å². The molecule has 4 fully saturated rings. The molecular formula is C43H45ClN8O5. The van der Waals surface area contributed by atoms with Gasteiger partial charge >= 0.3 is 0 Å². The lowest BCUT2D eigenvalue weighted by Crippen LogP contribution is -2.54. The summed E-state index contributed by atoms with van der Waals surface area (Å²) in [5.41, 5.74) is 5.07. The minimum absolute atomic E-state index is 0.0109. The zero-order valence-electron chi connectivity index (χ0n) is 32.0. The number of imide groups is 2. The minimum Gasteiger partial charge on any atom is -0.368 e. The summed E-state index contributed by atoms with van der Waals surface area (Å²) < 4.78 is 0. The molecule has 9 rings (SSSR count). The highest BCUT2D eigenvalue weighted by Gasteiger charge is 2.46. The number of halogens is 1. The molecule has 1 spiro atoms. The van der Waals surface area contributed by atoms with E-state index in [4.69, 9.17) is 16.6 Å². The van der Waals surface area contributed by atoms with Gasteiger partial charge in [-0.15, -0.1) is 0 Å². The third-order valence-electron chi connectivity index (χ3n) is 13.3. The Morgan fingerprint density at radius 2 is 1.65 bits per heavy atom. The van der Waals surface area contributed by atoms with Gasteiger partial charge in [-0.1, -0.05) is 11.6 Å². The van der Waals surface area contributed by atoms with Gasteiger partial charge in [0.05, 0.1) is 27.3 Å². The predicted octanol–water partition coefficient (Wildman–Crippen LogP) is 4.76. The van der Waals surface area contributed by atoms with Crippen molar-refractivity contribution in [2.24, 2.45) is 11.3 Å². The first kappa shape index (κ1) is 37.3. The maximum atomic E-state index is 13.5. The van der Waals surface area contributed by atoms with Crippen molar-refractivity contribution in [2.45, 2.75) is 77.0 Å². The largest absolute Gasteiger partial charge is 0.368 e. The van der Waals surface area contributed by atoms with Crippen LogP contribution in [0.25, 0.3) is 0 Å². The lowest BCUT2D eigenvalue weighted by atomic mass is 9.77. The van der Waals surface area contributed by atoms with Crippen molar-refractivity contribution in [1.29, 1.82) is 5.26 Å². The number of aromatic nitrogens is 1. The van der Waals surface area contributed by atoms with E-state index < -0.39 is 29.7 Å². The highest BCUT2D eigenvalue weighted by atomic mass is 35.5. The molecule has 0 aliphatic carbocycles. The van der Waals surface area contributed by atoms with E-state index in [-0.39, 0.29) is 24.2 Å². The Morgan fingerprint density at radius 3 is 2.26 bits per heavy atom. The number of nitrogens with one attached hydrogen (secondary N) is 1. The number of rotatable bonds is 6. The van der Waals surface area contributed by atoms with Crippen LogP contribution in [0, 0.1) is 22.7 Å². The molecule has 57 heavy (non-hydrogen) atoms. The number of nitrogens with zero attached hydrogens (tertiary/aromatic N) is 7. The number of amides is 5. The van der Waals surface area contributed by atoms with E-state index in [0.29, 0.717) is 65.4 Å². The highest BCUT2D eigenvalue weighted by molar-refractivity contribution is 6.32. The van der Waals surface area contributed by atoms with E-state index >= 15 is 0 Å². The highest BCUT2D eigenvalue weighted by Crippen LogP contribution is 2.46. The maximum Gasteiger partial charge on any atom is 0.262 e. The second-order valence-corrected chi connectivity index (χ2v) is 17.3. The lowest BCUT2D eigenvalue weighted by molar-refractivity contribution is -0.136. The number of fused-ring (bicyclic) bond motifs is 2. The first-order valence-corrected chi connectivity index (χ1v) is 20.4. The molecular weight excluding hydrogens is 744 g/mol. The van der Waals surface area contributed by atoms with Crippen LogP contribution in [0.5, 0.6) is 0 Å². The Morgan fingerprint density at radius 1 is 0.947 bits per heavy atom. The van der Waals surface area contributed by atoms with Crippen molar-refractivity contribution in [3.8, 4) is 6.07 Å². The van der Waals surface area contributed by atoms with E-state index in [1.54, 1.807) is 24.4 Å². The normalized spacial score (nSPS) is 23.6. The number of hydrogen-bond donors (Lipinski definition) is 1. The van der Waals surface area contributed by atoms with Gasteiger partial charge < -0.3 is 14.7 Å². The molecule has 6 aliphatic rings. The number of carbonyl (C=O) groups excluding carboxylic acids is 5. The number of nitriles is 1. The van der Waals surface area contributed by atoms with Crippen molar-refractivity contribution in [3.05, 3.63) is 87.1 Å². The summed E-state index contributed by atoms with van der Waals surface area (Å²) in [7, 11) is 0. The topological polar surface area (TPSA) is 150 Å². The number of benzene rings is 2. The Labute approximate surface area is 336 Å². The van der Waals surface area contributed by atoms with Crippen LogP contribution in [-0.4, -0.2) is 101 Å². The minimum atomic E-state index is -0.971. The van der Waals surface area contributed by atoms with Gasteiger partial charge in [0.15, 0.2) is 0 Å². The zero-order chi connectivity index (χ0) is 39.6. The molecule has 2 atom stereocenters. The number of hydrogen-bond acceptors (Lipinski definition) is 10. The Balaban J connectivity index is 0.745. The molecule has 3 aromatic rings. The lowest BCUT2D eigenvalue weighted by Gasteiger charge is -2.40. The molecule has 6 aliphatic heterocycles. The molecule has 1 unspecified atom stereocenters. The van der Waals surface area contributed by atoms with Gasteiger partial charge in [-0.2, -0.15) is 5.26 Å². The van der Waals surface area contributed by atoms with Crippen LogP contribution in [0.15, 0.2) is 48.7 Å². The summed E-state index contributed by atoms with van der Waals surface area (Å²) >= 11 is 6.37. The summed E-state index contributed by atoms with van der Waals surface area (Å²) in [5, 5.41) is 12.0. The number of anilines is 2. The van der Waals surface area contributed by atoms with Gasteiger partial charge in [-0.3, -0.25) is 39.1 Å². The van der Waals surface area contributed by atoms with Crippen molar-refractivity contribution in [1.82, 2.24) is 25.0 Å². The summed E-state index contributed by atoms with van der Waals surface area (Å²) in [6, 6.07) is 14.8. The SMILES string of the molecule is C[C@H]1CC2(CCN(c3ccc(C(=O)N4CCC(CN5Cc6cc7c(cc6C5)C(=O)N(C5CCC(=O)NC5=O)C7=O)CC4)cn3)CC2)CN1c1ccc(C#N)c(Cl)c1. The average Bonchev–Trinajstić information content (AvgIpc) is 3.84. The zero-order valence-corrected chi connectivity index (χ0v) is 32.8. The van der Waals surface area contributed by atoms with E-state index in [1.165, 1.54) is 0 Å². The van der Waals surface area contributed by atoms with Gasteiger partial charge in [-0.25, -0.2) is 4.98 Å². The molecule has 14 heteroatoms. The number of likely N-dealkylation sites (tertiary alicyclic amines) is 1. The molecule has 2 aromatic carbocycles. The molecule has 0 bridgehead atoms. The van der Waals surface area contributed by atoms with Crippen LogP contribution in [0.2, 0.25) is 5.02 Å². The molecule has 13 nitrogen and oxygen atoms in total. The molecule has 7 heterocycles. The van der Waals surface area contributed by atoms with Crippen LogP contribution < -0.4 is 15.1 Å². The van der Waals surface area contributed by atoms with E-state index in [1.807, 2.05) is 29.2 Å². The summed E-state index contributed by atoms with van der Waals surface area (Å²) in [6.07, 6.45) is 6.97. The third kappa shape index (κ3) is 6.82. The fourth-order valence-corrected chi connectivity index (χ4v) is 10.4. The fraction of sp³-hybridized carbons (Fsp3) is 0.465. The van der Waals surface area contributed by atoms with Crippen LogP contribution >= 0.6 is 11.6 Å². The van der Waals surface area contributed by atoms with Crippen molar-refractivity contribution in [3.63, 3.8) is 0 Å². The first-order chi connectivity index (χ1) is 27.5.